The molecule has 11 heteroatoms. The second-order valence-electron chi connectivity index (χ2n) is 12.1. The van der Waals surface area contributed by atoms with Crippen LogP contribution >= 0.6 is 15.9 Å². The van der Waals surface area contributed by atoms with Gasteiger partial charge < -0.3 is 34.7 Å². The maximum atomic E-state index is 13.0. The monoisotopic (exact) mass is 687 g/mol. The first-order valence-corrected chi connectivity index (χ1v) is 15.9. The predicted octanol–water partition coefficient (Wildman–Crippen LogP) is 6.66. The van der Waals surface area contributed by atoms with Crippen LogP contribution < -0.4 is 15.5 Å². The maximum absolute atomic E-state index is 13.0. The summed E-state index contributed by atoms with van der Waals surface area (Å²) in [5.41, 5.74) is 4.62. The fraction of sp³-hybridized carbons (Fsp3) is 0.343. The van der Waals surface area contributed by atoms with E-state index in [4.69, 9.17) is 14.2 Å². The van der Waals surface area contributed by atoms with Gasteiger partial charge in [-0.15, -0.1) is 0 Å². The van der Waals surface area contributed by atoms with Gasteiger partial charge in [0.1, 0.15) is 11.6 Å². The van der Waals surface area contributed by atoms with Gasteiger partial charge >= 0.3 is 12.1 Å². The highest BCUT2D eigenvalue weighted by molar-refractivity contribution is 9.10. The molecule has 1 aromatic heterocycles. The summed E-state index contributed by atoms with van der Waals surface area (Å²) in [6, 6.07) is 20.0. The minimum Gasteiger partial charge on any atom is -0.465 e. The van der Waals surface area contributed by atoms with Crippen LogP contribution in [0.2, 0.25) is 0 Å². The average Bonchev–Trinajstić information content (AvgIpc) is 3.46. The van der Waals surface area contributed by atoms with Gasteiger partial charge in [0.15, 0.2) is 0 Å². The summed E-state index contributed by atoms with van der Waals surface area (Å²) in [5.74, 6) is -0.553. The van der Waals surface area contributed by atoms with Gasteiger partial charge in [-0.2, -0.15) is 5.26 Å². The van der Waals surface area contributed by atoms with Gasteiger partial charge in [0.2, 0.25) is 0 Å². The Labute approximate surface area is 277 Å². The molecule has 0 radical (unpaired) electrons. The number of hydrogen-bond acceptors (Lipinski definition) is 8. The van der Waals surface area contributed by atoms with Gasteiger partial charge in [0, 0.05) is 46.0 Å². The number of morpholine rings is 1. The zero-order valence-electron chi connectivity index (χ0n) is 26.4. The number of benzene rings is 3. The van der Waals surface area contributed by atoms with E-state index < -0.39 is 29.7 Å². The number of nitriles is 1. The minimum absolute atomic E-state index is 0.267. The van der Waals surface area contributed by atoms with Crippen molar-refractivity contribution in [1.29, 1.82) is 5.26 Å². The summed E-state index contributed by atoms with van der Waals surface area (Å²) in [7, 11) is 1.32. The number of halogens is 1. The minimum atomic E-state index is -0.943. The zero-order chi connectivity index (χ0) is 32.8. The molecule has 0 aliphatic carbocycles. The second-order valence-corrected chi connectivity index (χ2v) is 12.9. The first-order chi connectivity index (χ1) is 22.1. The lowest BCUT2D eigenvalue weighted by Crippen LogP contribution is -2.49. The third kappa shape index (κ3) is 7.81. The summed E-state index contributed by atoms with van der Waals surface area (Å²) < 4.78 is 17.0. The van der Waals surface area contributed by atoms with Crippen molar-refractivity contribution in [2.75, 3.05) is 43.6 Å². The van der Waals surface area contributed by atoms with Crippen molar-refractivity contribution in [2.45, 2.75) is 44.9 Å². The summed E-state index contributed by atoms with van der Waals surface area (Å²) in [6.07, 6.45) is 1.52. The van der Waals surface area contributed by atoms with Gasteiger partial charge in [0.25, 0.3) is 0 Å². The van der Waals surface area contributed by atoms with Crippen LogP contribution in [-0.4, -0.2) is 68.1 Å². The maximum Gasteiger partial charge on any atom is 0.407 e. The predicted molar refractivity (Wildman–Crippen MR) is 182 cm³/mol. The lowest BCUT2D eigenvalue weighted by Gasteiger charge is -2.29. The highest BCUT2D eigenvalue weighted by Crippen LogP contribution is 2.31. The number of fused-ring (bicyclic) bond motifs is 1. The Morgan fingerprint density at radius 3 is 2.48 bits per heavy atom. The molecule has 46 heavy (non-hydrogen) atoms. The second kappa shape index (κ2) is 14.3. The molecule has 1 unspecified atom stereocenters. The lowest BCUT2D eigenvalue weighted by molar-refractivity contribution is 0.0501. The van der Waals surface area contributed by atoms with Gasteiger partial charge in [-0.1, -0.05) is 40.2 Å². The number of hydrogen-bond donors (Lipinski definition) is 3. The van der Waals surface area contributed by atoms with E-state index in [0.717, 1.165) is 50.8 Å². The van der Waals surface area contributed by atoms with Crippen molar-refractivity contribution in [3.63, 3.8) is 0 Å². The Kier molecular flexibility index (Phi) is 10.2. The van der Waals surface area contributed by atoms with Crippen LogP contribution in [0.3, 0.4) is 0 Å². The Morgan fingerprint density at radius 1 is 1.09 bits per heavy atom. The van der Waals surface area contributed by atoms with Crippen LogP contribution in [0.1, 0.15) is 36.7 Å². The molecule has 3 aromatic carbocycles. The zero-order valence-corrected chi connectivity index (χ0v) is 27.9. The molecular weight excluding hydrogens is 650 g/mol. The molecule has 1 amide bonds. The fourth-order valence-corrected chi connectivity index (χ4v) is 6.14. The number of H-pyrrole nitrogens is 1. The van der Waals surface area contributed by atoms with Crippen LogP contribution in [0.4, 0.5) is 16.2 Å². The molecule has 240 valence electrons. The highest BCUT2D eigenvalue weighted by Gasteiger charge is 2.29. The molecule has 2 heterocycles. The fourth-order valence-electron chi connectivity index (χ4n) is 5.52. The van der Waals surface area contributed by atoms with Crippen LogP contribution in [0, 0.1) is 11.3 Å². The number of rotatable bonds is 9. The number of esters is 1. The number of methoxy groups -OCH3 is 1. The van der Waals surface area contributed by atoms with Crippen molar-refractivity contribution in [2.24, 2.45) is 0 Å². The number of amides is 1. The Bertz CT molecular complexity index is 1740. The smallest absolute Gasteiger partial charge is 0.407 e. The SMILES string of the molecule is COC(=O)c1cc(-c2ccc(N3CCOCC3)cc2)ccc1NC(C#N)[C@H](Cc1c[nH]c2cccc(Br)c12)NC(=O)OC(C)(C)C. The highest BCUT2D eigenvalue weighted by atomic mass is 79.9. The van der Waals surface area contributed by atoms with Gasteiger partial charge in [-0.3, -0.25) is 0 Å². The molecule has 1 fully saturated rings. The standard InChI is InChI=1S/C35H38BrN5O5/c1-35(2,3)46-34(43)40-30(19-24-21-38-29-7-5-6-27(36)32(24)29)31(20-37)39-28-13-10-23(18-26(28)33(42)44-4)22-8-11-25(12-9-22)41-14-16-45-17-15-41/h5-13,18,21,30-31,38-39H,14-17,19H2,1-4H3,(H,40,43)/t30-,31?/m0/s1. The normalized spacial score (nSPS) is 14.7. The van der Waals surface area contributed by atoms with E-state index >= 15 is 0 Å². The van der Waals surface area contributed by atoms with Crippen molar-refractivity contribution in [3.05, 3.63) is 82.5 Å². The van der Waals surface area contributed by atoms with Gasteiger partial charge in [-0.25, -0.2) is 9.59 Å². The number of nitrogens with zero attached hydrogens (tertiary/aromatic N) is 2. The molecule has 0 bridgehead atoms. The van der Waals surface area contributed by atoms with E-state index in [-0.39, 0.29) is 5.56 Å². The van der Waals surface area contributed by atoms with E-state index in [1.165, 1.54) is 7.11 Å². The number of alkyl carbamates (subject to hydrolysis) is 1. The number of aromatic nitrogens is 1. The topological polar surface area (TPSA) is 129 Å². The quantitative estimate of drug-likeness (QED) is 0.167. The van der Waals surface area contributed by atoms with Crippen LogP contribution in [0.15, 0.2) is 71.3 Å². The molecule has 2 atom stereocenters. The number of aromatic amines is 1. The molecule has 1 aliphatic rings. The Balaban J connectivity index is 1.44. The molecule has 1 aliphatic heterocycles. The first kappa shape index (κ1) is 32.9. The van der Waals surface area contributed by atoms with Crippen molar-refractivity contribution in [1.82, 2.24) is 10.3 Å². The third-order valence-electron chi connectivity index (χ3n) is 7.73. The van der Waals surface area contributed by atoms with Crippen LogP contribution in [0.25, 0.3) is 22.0 Å². The Hall–Kier alpha value is -4.53. The first-order valence-electron chi connectivity index (χ1n) is 15.1. The molecule has 0 saturated carbocycles. The summed E-state index contributed by atoms with van der Waals surface area (Å²) >= 11 is 3.63. The lowest BCUT2D eigenvalue weighted by atomic mass is 9.97. The molecule has 10 nitrogen and oxygen atoms in total. The van der Waals surface area contributed by atoms with E-state index in [0.29, 0.717) is 25.3 Å². The number of ether oxygens (including phenoxy) is 3. The third-order valence-corrected chi connectivity index (χ3v) is 8.39. The molecule has 1 saturated heterocycles. The van der Waals surface area contributed by atoms with Crippen molar-refractivity contribution < 1.29 is 23.8 Å². The van der Waals surface area contributed by atoms with Crippen molar-refractivity contribution >= 4 is 50.3 Å². The number of carbonyl (C=O) groups is 2. The average molecular weight is 689 g/mol. The molecular formula is C35H38BrN5O5. The van der Waals surface area contributed by atoms with Gasteiger partial charge in [-0.05, 0) is 80.3 Å². The molecule has 4 aromatic rings. The van der Waals surface area contributed by atoms with Crippen LogP contribution in [0.5, 0.6) is 0 Å². The van der Waals surface area contributed by atoms with Crippen molar-refractivity contribution in [3.8, 4) is 17.2 Å². The summed E-state index contributed by atoms with van der Waals surface area (Å²) in [6.45, 7) is 8.42. The van der Waals surface area contributed by atoms with E-state index in [9.17, 15) is 14.9 Å². The molecule has 0 spiro atoms. The number of nitrogens with one attached hydrogen (secondary N) is 3. The summed E-state index contributed by atoms with van der Waals surface area (Å²) in [5, 5.41) is 17.5. The molecule has 5 rings (SSSR count). The number of anilines is 2. The van der Waals surface area contributed by atoms with Gasteiger partial charge in [0.05, 0.1) is 38.0 Å². The van der Waals surface area contributed by atoms with E-state index in [2.05, 4.69) is 54.6 Å². The van der Waals surface area contributed by atoms with Crippen LogP contribution in [-0.2, 0) is 20.6 Å². The Morgan fingerprint density at radius 2 is 1.80 bits per heavy atom. The molecule has 3 N–H and O–H groups in total. The number of carbonyl (C=O) groups excluding carboxylic acids is 2. The largest absolute Gasteiger partial charge is 0.465 e. The van der Waals surface area contributed by atoms with E-state index in [1.807, 2.05) is 42.6 Å². The van der Waals surface area contributed by atoms with E-state index in [1.54, 1.807) is 32.9 Å². The summed E-state index contributed by atoms with van der Waals surface area (Å²) in [4.78, 5) is 31.5.